The molecule has 4 nitrogen and oxygen atoms in total. The van der Waals surface area contributed by atoms with Gasteiger partial charge in [0.1, 0.15) is 11.7 Å². The van der Waals surface area contributed by atoms with Crippen molar-refractivity contribution in [3.8, 4) is 5.75 Å². The number of rotatable bonds is 6. The highest BCUT2D eigenvalue weighted by atomic mass is 16.5. The van der Waals surface area contributed by atoms with Gasteiger partial charge in [-0.3, -0.25) is 0 Å². The van der Waals surface area contributed by atoms with Crippen LogP contribution in [0.5, 0.6) is 5.75 Å². The molecule has 0 amide bonds. The minimum atomic E-state index is -1.18. The standard InChI is InChI=1S/C16H17NO3/c17-15(16(18)19)13-6-8-14(9-7-13)20-11-10-12-4-2-1-3-5-12/h1-9,15H,10-11,17H2,(H,18,19)/t15-/m1/s1. The molecule has 1 atom stereocenters. The summed E-state index contributed by atoms with van der Waals surface area (Å²) >= 11 is 0. The highest BCUT2D eigenvalue weighted by molar-refractivity contribution is 5.71. The first kappa shape index (κ1) is 14.1. The fraction of sp³-hybridized carbons (Fsp3) is 0.188. The van der Waals surface area contributed by atoms with Crippen LogP contribution in [-0.4, -0.2) is 12.6 Å². The molecule has 0 saturated heterocycles. The molecule has 0 aliphatic heterocycles. The van der Waals surface area contributed by atoms with Crippen molar-refractivity contribution in [1.29, 1.82) is 0 Å². The van der Waals surface area contributed by atoms with Crippen LogP contribution >= 0.6 is 0 Å². The van der Waals surface area contributed by atoms with Crippen LogP contribution < -0.4 is 15.6 Å². The first-order chi connectivity index (χ1) is 9.66. The first-order valence-electron chi connectivity index (χ1n) is 6.47. The lowest BCUT2D eigenvalue weighted by Crippen LogP contribution is -2.60. The van der Waals surface area contributed by atoms with E-state index in [1.807, 2.05) is 18.2 Å². The maximum atomic E-state index is 10.7. The van der Waals surface area contributed by atoms with Crippen LogP contribution in [-0.2, 0) is 11.2 Å². The van der Waals surface area contributed by atoms with Crippen LogP contribution in [0.15, 0.2) is 54.6 Å². The molecule has 2 rings (SSSR count). The number of aliphatic carboxylic acids is 1. The molecule has 0 aliphatic carbocycles. The van der Waals surface area contributed by atoms with E-state index in [1.165, 1.54) is 5.56 Å². The molecule has 2 aromatic carbocycles. The van der Waals surface area contributed by atoms with E-state index < -0.39 is 12.0 Å². The zero-order valence-electron chi connectivity index (χ0n) is 11.1. The smallest absolute Gasteiger partial charge is 0.150 e. The lowest BCUT2D eigenvalue weighted by Gasteiger charge is -2.11. The molecule has 0 radical (unpaired) electrons. The Morgan fingerprint density at radius 2 is 1.75 bits per heavy atom. The number of carbonyl (C=O) groups excluding carboxylic acids is 1. The second-order valence-electron chi connectivity index (χ2n) is 4.52. The van der Waals surface area contributed by atoms with Crippen molar-refractivity contribution in [2.24, 2.45) is 0 Å². The van der Waals surface area contributed by atoms with Gasteiger partial charge >= 0.3 is 0 Å². The van der Waals surface area contributed by atoms with Crippen molar-refractivity contribution < 1.29 is 20.4 Å². The van der Waals surface area contributed by atoms with Gasteiger partial charge in [-0.1, -0.05) is 30.3 Å². The molecule has 0 saturated carbocycles. The molecule has 3 N–H and O–H groups in total. The van der Waals surface area contributed by atoms with Gasteiger partial charge in [0.15, 0.2) is 6.04 Å². The Bertz CT molecular complexity index is 552. The second kappa shape index (κ2) is 6.73. The van der Waals surface area contributed by atoms with Gasteiger partial charge in [0, 0.05) is 12.0 Å². The molecule has 2 aromatic rings. The third-order valence-corrected chi connectivity index (χ3v) is 3.07. The maximum Gasteiger partial charge on any atom is 0.150 e. The zero-order chi connectivity index (χ0) is 14.4. The molecule has 0 fully saturated rings. The number of benzene rings is 2. The third kappa shape index (κ3) is 3.83. The van der Waals surface area contributed by atoms with Gasteiger partial charge in [-0.15, -0.1) is 0 Å². The summed E-state index contributed by atoms with van der Waals surface area (Å²) in [6.07, 6.45) is 0.833. The van der Waals surface area contributed by atoms with Crippen molar-refractivity contribution in [2.45, 2.75) is 12.5 Å². The summed E-state index contributed by atoms with van der Waals surface area (Å²) in [5.41, 5.74) is 5.37. The number of carboxylic acid groups (broad SMARTS) is 1. The van der Waals surface area contributed by atoms with Crippen LogP contribution in [0, 0.1) is 0 Å². The average Bonchev–Trinajstić information content (AvgIpc) is 2.48. The van der Waals surface area contributed by atoms with Gasteiger partial charge in [0.2, 0.25) is 0 Å². The fourth-order valence-electron chi connectivity index (χ4n) is 1.86. The Morgan fingerprint density at radius 1 is 1.10 bits per heavy atom. The molecular formula is C16H17NO3. The number of carboxylic acids is 1. The van der Waals surface area contributed by atoms with E-state index in [0.29, 0.717) is 12.2 Å². The van der Waals surface area contributed by atoms with E-state index in [1.54, 1.807) is 24.3 Å². The molecule has 0 aromatic heterocycles. The average molecular weight is 271 g/mol. The predicted octanol–water partition coefficient (Wildman–Crippen LogP) is 0.341. The Hall–Kier alpha value is -2.33. The molecule has 0 heterocycles. The van der Waals surface area contributed by atoms with E-state index in [-0.39, 0.29) is 0 Å². The van der Waals surface area contributed by atoms with Crippen LogP contribution in [0.4, 0.5) is 0 Å². The fourth-order valence-corrected chi connectivity index (χ4v) is 1.86. The number of ether oxygens (including phenoxy) is 1. The summed E-state index contributed by atoms with van der Waals surface area (Å²) in [4.78, 5) is 10.7. The van der Waals surface area contributed by atoms with Crippen molar-refractivity contribution in [1.82, 2.24) is 0 Å². The quantitative estimate of drug-likeness (QED) is 0.823. The van der Waals surface area contributed by atoms with Gasteiger partial charge in [-0.25, -0.2) is 0 Å². The molecule has 0 aliphatic rings. The van der Waals surface area contributed by atoms with Crippen LogP contribution in [0.25, 0.3) is 0 Å². The molecule has 4 heteroatoms. The van der Waals surface area contributed by atoms with Gasteiger partial charge in [0.05, 0.1) is 6.61 Å². The molecular weight excluding hydrogens is 254 g/mol. The Kier molecular flexibility index (Phi) is 4.74. The maximum absolute atomic E-state index is 10.7. The summed E-state index contributed by atoms with van der Waals surface area (Å²) < 4.78 is 5.62. The van der Waals surface area contributed by atoms with E-state index in [9.17, 15) is 9.90 Å². The minimum absolute atomic E-state index is 0.581. The summed E-state index contributed by atoms with van der Waals surface area (Å²) in [5.74, 6) is -0.460. The first-order valence-corrected chi connectivity index (χ1v) is 6.47. The molecule has 0 unspecified atom stereocenters. The van der Waals surface area contributed by atoms with E-state index >= 15 is 0 Å². The van der Waals surface area contributed by atoms with Gasteiger partial charge in [-0.2, -0.15) is 0 Å². The van der Waals surface area contributed by atoms with Crippen molar-refractivity contribution in [2.75, 3.05) is 6.61 Å². The van der Waals surface area contributed by atoms with E-state index in [4.69, 9.17) is 4.74 Å². The van der Waals surface area contributed by atoms with E-state index in [2.05, 4.69) is 17.9 Å². The molecule has 0 bridgehead atoms. The number of carbonyl (C=O) groups is 1. The third-order valence-electron chi connectivity index (χ3n) is 3.07. The van der Waals surface area contributed by atoms with Gasteiger partial charge < -0.3 is 20.4 Å². The predicted molar refractivity (Wildman–Crippen MR) is 72.7 cm³/mol. The normalized spacial score (nSPS) is 11.8. The van der Waals surface area contributed by atoms with Crippen molar-refractivity contribution >= 4 is 5.97 Å². The number of quaternary nitrogens is 1. The SMILES string of the molecule is [NH3+][C@@H](C(=O)[O-])c1ccc(OCCc2ccccc2)cc1. The highest BCUT2D eigenvalue weighted by Crippen LogP contribution is 2.15. The van der Waals surface area contributed by atoms with Gasteiger partial charge in [-0.05, 0) is 29.8 Å². The Balaban J connectivity index is 1.86. The van der Waals surface area contributed by atoms with Crippen molar-refractivity contribution in [3.63, 3.8) is 0 Å². The lowest BCUT2D eigenvalue weighted by atomic mass is 10.1. The monoisotopic (exact) mass is 271 g/mol. The second-order valence-corrected chi connectivity index (χ2v) is 4.52. The lowest BCUT2D eigenvalue weighted by molar-refractivity contribution is -0.443. The summed E-state index contributed by atoms with van der Waals surface area (Å²) in [5, 5.41) is 10.7. The largest absolute Gasteiger partial charge is 0.544 e. The number of hydrogen-bond donors (Lipinski definition) is 1. The molecule has 104 valence electrons. The van der Waals surface area contributed by atoms with Gasteiger partial charge in [0.25, 0.3) is 0 Å². The highest BCUT2D eigenvalue weighted by Gasteiger charge is 2.10. The van der Waals surface area contributed by atoms with E-state index in [0.717, 1.165) is 12.2 Å². The molecule has 0 spiro atoms. The Morgan fingerprint density at radius 3 is 2.35 bits per heavy atom. The number of hydrogen-bond acceptors (Lipinski definition) is 3. The summed E-state index contributed by atoms with van der Waals surface area (Å²) in [6, 6.07) is 16.1. The topological polar surface area (TPSA) is 77.0 Å². The van der Waals surface area contributed by atoms with Crippen LogP contribution in [0.2, 0.25) is 0 Å². The zero-order valence-corrected chi connectivity index (χ0v) is 11.1. The minimum Gasteiger partial charge on any atom is -0.544 e. The summed E-state index contributed by atoms with van der Waals surface area (Å²) in [6.45, 7) is 0.581. The summed E-state index contributed by atoms with van der Waals surface area (Å²) in [7, 11) is 0. The van der Waals surface area contributed by atoms with Crippen LogP contribution in [0.1, 0.15) is 17.2 Å². The van der Waals surface area contributed by atoms with Crippen molar-refractivity contribution in [3.05, 3.63) is 65.7 Å². The Labute approximate surface area is 117 Å². The van der Waals surface area contributed by atoms with Crippen LogP contribution in [0.3, 0.4) is 0 Å². The molecule has 20 heavy (non-hydrogen) atoms.